The van der Waals surface area contributed by atoms with E-state index in [2.05, 4.69) is 9.97 Å². The molecular weight excluding hydrogens is 238 g/mol. The van der Waals surface area contributed by atoms with E-state index in [-0.39, 0.29) is 23.4 Å². The molecule has 1 amide bonds. The Morgan fingerprint density at radius 1 is 1.28 bits per heavy atom. The summed E-state index contributed by atoms with van der Waals surface area (Å²) in [5, 5.41) is 0. The summed E-state index contributed by atoms with van der Waals surface area (Å²) in [6.45, 7) is 2.37. The van der Waals surface area contributed by atoms with E-state index in [1.807, 2.05) is 6.92 Å². The minimum atomic E-state index is -0.610. The van der Waals surface area contributed by atoms with Crippen LogP contribution in [0.5, 0.6) is 11.8 Å². The molecule has 18 heavy (non-hydrogen) atoms. The summed E-state index contributed by atoms with van der Waals surface area (Å²) in [5.41, 5.74) is 11.3. The number of nitrogens with two attached hydrogens (primary N) is 2. The number of anilines is 2. The number of aromatic nitrogens is 2. The number of ether oxygens (including phenoxy) is 2. The minimum absolute atomic E-state index is 0.0489. The van der Waals surface area contributed by atoms with Crippen LogP contribution in [0.3, 0.4) is 0 Å². The molecule has 0 saturated heterocycles. The van der Waals surface area contributed by atoms with Gasteiger partial charge in [-0.25, -0.2) is 4.79 Å². The molecule has 0 unspecified atom stereocenters. The molecule has 0 atom stereocenters. The Labute approximate surface area is 105 Å². The molecule has 0 aliphatic heterocycles. The zero-order valence-electron chi connectivity index (χ0n) is 10.6. The van der Waals surface area contributed by atoms with Crippen LogP contribution in [0.25, 0.3) is 0 Å². The van der Waals surface area contributed by atoms with Crippen molar-refractivity contribution in [1.82, 2.24) is 14.9 Å². The number of rotatable bonds is 4. The number of amides is 1. The maximum atomic E-state index is 11.4. The third-order valence-electron chi connectivity index (χ3n) is 1.89. The van der Waals surface area contributed by atoms with Crippen molar-refractivity contribution in [3.8, 4) is 11.8 Å². The van der Waals surface area contributed by atoms with Crippen LogP contribution in [-0.2, 0) is 0 Å². The van der Waals surface area contributed by atoms with Crippen LogP contribution in [0.1, 0.15) is 13.3 Å². The molecule has 1 heterocycles. The van der Waals surface area contributed by atoms with Gasteiger partial charge in [-0.15, -0.1) is 0 Å². The monoisotopic (exact) mass is 255 g/mol. The molecule has 100 valence electrons. The fourth-order valence-corrected chi connectivity index (χ4v) is 1.01. The van der Waals surface area contributed by atoms with Crippen molar-refractivity contribution in [2.24, 2.45) is 0 Å². The van der Waals surface area contributed by atoms with Crippen molar-refractivity contribution >= 4 is 17.7 Å². The van der Waals surface area contributed by atoms with Crippen LogP contribution in [0.2, 0.25) is 0 Å². The van der Waals surface area contributed by atoms with Crippen LogP contribution < -0.4 is 20.9 Å². The van der Waals surface area contributed by atoms with E-state index >= 15 is 0 Å². The quantitative estimate of drug-likeness (QED) is 0.803. The van der Waals surface area contributed by atoms with E-state index in [0.717, 1.165) is 6.42 Å². The Balaban J connectivity index is 2.97. The summed E-state index contributed by atoms with van der Waals surface area (Å²) in [5.74, 6) is -0.0601. The predicted molar refractivity (Wildman–Crippen MR) is 66.4 cm³/mol. The normalized spacial score (nSPS) is 9.94. The van der Waals surface area contributed by atoms with Gasteiger partial charge in [0.2, 0.25) is 11.8 Å². The van der Waals surface area contributed by atoms with Crippen molar-refractivity contribution in [2.45, 2.75) is 13.3 Å². The third kappa shape index (κ3) is 3.37. The van der Waals surface area contributed by atoms with Gasteiger partial charge in [-0.05, 0) is 6.42 Å². The van der Waals surface area contributed by atoms with Gasteiger partial charge in [-0.2, -0.15) is 9.97 Å². The highest BCUT2D eigenvalue weighted by atomic mass is 16.6. The van der Waals surface area contributed by atoms with E-state index in [4.69, 9.17) is 20.9 Å². The summed E-state index contributed by atoms with van der Waals surface area (Å²) in [7, 11) is 3.08. The van der Waals surface area contributed by atoms with Crippen molar-refractivity contribution in [3.63, 3.8) is 0 Å². The SMILES string of the molecule is CCCOc1nc(N)nc(OC(=O)N(C)C)c1N. The van der Waals surface area contributed by atoms with Crippen LogP contribution in [0.4, 0.5) is 16.4 Å². The number of hydrogen-bond acceptors (Lipinski definition) is 7. The number of nitrogens with zero attached hydrogens (tertiary/aromatic N) is 3. The van der Waals surface area contributed by atoms with Crippen molar-refractivity contribution < 1.29 is 14.3 Å². The second-order valence-corrected chi connectivity index (χ2v) is 3.72. The van der Waals surface area contributed by atoms with Gasteiger partial charge in [-0.1, -0.05) is 6.92 Å². The van der Waals surface area contributed by atoms with Crippen LogP contribution in [-0.4, -0.2) is 41.7 Å². The van der Waals surface area contributed by atoms with E-state index in [9.17, 15) is 4.79 Å². The second-order valence-electron chi connectivity index (χ2n) is 3.72. The summed E-state index contributed by atoms with van der Waals surface area (Å²) < 4.78 is 10.2. The molecule has 0 fully saturated rings. The molecule has 1 aromatic heterocycles. The Morgan fingerprint density at radius 3 is 2.44 bits per heavy atom. The van der Waals surface area contributed by atoms with Gasteiger partial charge in [0.15, 0.2) is 5.69 Å². The van der Waals surface area contributed by atoms with Gasteiger partial charge in [0, 0.05) is 14.1 Å². The number of carbonyl (C=O) groups excluding carboxylic acids is 1. The maximum absolute atomic E-state index is 11.4. The first-order valence-corrected chi connectivity index (χ1v) is 5.40. The average Bonchev–Trinajstić information content (AvgIpc) is 2.31. The lowest BCUT2D eigenvalue weighted by Gasteiger charge is -2.13. The van der Waals surface area contributed by atoms with E-state index < -0.39 is 6.09 Å². The average molecular weight is 255 g/mol. The van der Waals surface area contributed by atoms with Gasteiger partial charge in [0.05, 0.1) is 6.61 Å². The Morgan fingerprint density at radius 2 is 1.89 bits per heavy atom. The van der Waals surface area contributed by atoms with Gasteiger partial charge in [-0.3, -0.25) is 0 Å². The van der Waals surface area contributed by atoms with Gasteiger partial charge >= 0.3 is 6.09 Å². The first-order chi connectivity index (χ1) is 8.45. The first kappa shape index (κ1) is 13.8. The fourth-order valence-electron chi connectivity index (χ4n) is 1.01. The van der Waals surface area contributed by atoms with Crippen molar-refractivity contribution in [1.29, 1.82) is 0 Å². The molecule has 0 saturated carbocycles. The first-order valence-electron chi connectivity index (χ1n) is 5.40. The molecular formula is C10H17N5O3. The van der Waals surface area contributed by atoms with Crippen LogP contribution in [0, 0.1) is 0 Å². The summed E-state index contributed by atoms with van der Waals surface area (Å²) >= 11 is 0. The Hall–Kier alpha value is -2.25. The maximum Gasteiger partial charge on any atom is 0.416 e. The van der Waals surface area contributed by atoms with E-state index in [1.165, 1.54) is 19.0 Å². The second kappa shape index (κ2) is 5.89. The molecule has 0 spiro atoms. The van der Waals surface area contributed by atoms with Gasteiger partial charge in [0.25, 0.3) is 5.88 Å². The molecule has 0 aliphatic carbocycles. The van der Waals surface area contributed by atoms with Crippen LogP contribution >= 0.6 is 0 Å². The highest BCUT2D eigenvalue weighted by Crippen LogP contribution is 2.29. The van der Waals surface area contributed by atoms with E-state index in [0.29, 0.717) is 6.61 Å². The molecule has 4 N–H and O–H groups in total. The molecule has 0 aromatic carbocycles. The smallest absolute Gasteiger partial charge is 0.416 e. The third-order valence-corrected chi connectivity index (χ3v) is 1.89. The highest BCUT2D eigenvalue weighted by molar-refractivity contribution is 5.72. The number of nitrogen functional groups attached to an aromatic ring is 2. The fraction of sp³-hybridized carbons (Fsp3) is 0.500. The minimum Gasteiger partial charge on any atom is -0.476 e. The molecule has 8 heteroatoms. The molecule has 8 nitrogen and oxygen atoms in total. The lowest BCUT2D eigenvalue weighted by molar-refractivity contribution is 0.170. The van der Waals surface area contributed by atoms with E-state index in [1.54, 1.807) is 0 Å². The van der Waals surface area contributed by atoms with Gasteiger partial charge < -0.3 is 25.8 Å². The molecule has 1 rings (SSSR count). The standard InChI is InChI=1S/C10H17N5O3/c1-4-5-17-7-6(11)8(14-9(12)13-7)18-10(16)15(2)3/h4-5,11H2,1-3H3,(H2,12,13,14). The van der Waals surface area contributed by atoms with Crippen molar-refractivity contribution in [2.75, 3.05) is 32.2 Å². The van der Waals surface area contributed by atoms with Crippen LogP contribution in [0.15, 0.2) is 0 Å². The van der Waals surface area contributed by atoms with Crippen molar-refractivity contribution in [3.05, 3.63) is 0 Å². The Kier molecular flexibility index (Phi) is 4.52. The largest absolute Gasteiger partial charge is 0.476 e. The number of carbonyl (C=O) groups is 1. The lowest BCUT2D eigenvalue weighted by atomic mass is 10.5. The summed E-state index contributed by atoms with van der Waals surface area (Å²) in [4.78, 5) is 20.2. The summed E-state index contributed by atoms with van der Waals surface area (Å²) in [6.07, 6.45) is 0.178. The molecule has 0 bridgehead atoms. The molecule has 1 aromatic rings. The zero-order valence-corrected chi connectivity index (χ0v) is 10.6. The molecule has 0 radical (unpaired) electrons. The topological polar surface area (TPSA) is 117 Å². The molecule has 0 aliphatic rings. The lowest BCUT2D eigenvalue weighted by Crippen LogP contribution is -2.26. The number of hydrogen-bond donors (Lipinski definition) is 2. The predicted octanol–water partition coefficient (Wildman–Crippen LogP) is 0.490. The highest BCUT2D eigenvalue weighted by Gasteiger charge is 2.17. The van der Waals surface area contributed by atoms with Gasteiger partial charge in [0.1, 0.15) is 0 Å². The Bertz CT molecular complexity index is 436. The summed E-state index contributed by atoms with van der Waals surface area (Å²) in [6, 6.07) is 0. The zero-order chi connectivity index (χ0) is 13.7.